The smallest absolute Gasteiger partial charge is 0.241 e. The molecule has 0 aliphatic carbocycles. The van der Waals surface area contributed by atoms with Gasteiger partial charge < -0.3 is 9.16 Å². The van der Waals surface area contributed by atoms with Crippen molar-refractivity contribution in [2.24, 2.45) is 0 Å². The zero-order valence-electron chi connectivity index (χ0n) is 11.4. The van der Waals surface area contributed by atoms with Gasteiger partial charge in [0, 0.05) is 13.5 Å². The third-order valence-corrected chi connectivity index (χ3v) is 2.66. The molecule has 0 fully saturated rings. The Balaban J connectivity index is 4.40. The first-order valence-electron chi connectivity index (χ1n) is 5.77. The molecule has 0 aromatic heterocycles. The monoisotopic (exact) mass is 240 g/mol. The molecule has 1 atom stereocenters. The Bertz CT molecular complexity index is 279. The van der Waals surface area contributed by atoms with E-state index in [1.165, 1.54) is 0 Å². The molecular weight excluding hydrogens is 216 g/mol. The summed E-state index contributed by atoms with van der Waals surface area (Å²) in [7, 11) is 0.160. The third kappa shape index (κ3) is 8.57. The van der Waals surface area contributed by atoms with Gasteiger partial charge in [0.2, 0.25) is 8.32 Å². The number of hydrogen-bond acceptors (Lipinski definition) is 2. The average Bonchev–Trinajstić information content (AvgIpc) is 2.13. The highest BCUT2D eigenvalue weighted by Crippen LogP contribution is 2.10. The minimum atomic E-state index is -1.51. The summed E-state index contributed by atoms with van der Waals surface area (Å²) in [6.45, 7) is 10.6. The molecule has 0 spiro atoms. The zero-order valence-corrected chi connectivity index (χ0v) is 12.4. The van der Waals surface area contributed by atoms with Crippen LogP contribution in [0.25, 0.3) is 0 Å². The average molecular weight is 240 g/mol. The largest absolute Gasteiger partial charge is 0.548 e. The van der Waals surface area contributed by atoms with Crippen LogP contribution in [0, 0.1) is 11.8 Å². The van der Waals surface area contributed by atoms with Gasteiger partial charge in [0.1, 0.15) is 6.10 Å². The van der Waals surface area contributed by atoms with Gasteiger partial charge in [0.25, 0.3) is 0 Å². The molecule has 0 N–H and O–H groups in total. The van der Waals surface area contributed by atoms with Crippen LogP contribution >= 0.6 is 0 Å². The minimum absolute atomic E-state index is 0.150. The summed E-state index contributed by atoms with van der Waals surface area (Å²) in [4.78, 5) is 0. The summed E-state index contributed by atoms with van der Waals surface area (Å²) in [5, 5.41) is 0. The van der Waals surface area contributed by atoms with Crippen LogP contribution in [0.15, 0.2) is 11.8 Å². The quantitative estimate of drug-likeness (QED) is 0.415. The van der Waals surface area contributed by atoms with E-state index in [1.807, 2.05) is 13.0 Å². The van der Waals surface area contributed by atoms with Crippen molar-refractivity contribution in [2.45, 2.75) is 52.4 Å². The molecule has 0 saturated heterocycles. The Labute approximate surface area is 101 Å². The number of allylic oxidation sites excluding steroid dienone is 1. The van der Waals surface area contributed by atoms with Crippen molar-refractivity contribution < 1.29 is 9.16 Å². The van der Waals surface area contributed by atoms with Crippen LogP contribution in [0.2, 0.25) is 19.6 Å². The van der Waals surface area contributed by atoms with E-state index in [2.05, 4.69) is 38.4 Å². The Morgan fingerprint density at radius 1 is 1.38 bits per heavy atom. The fourth-order valence-electron chi connectivity index (χ4n) is 1.20. The number of hydrogen-bond donors (Lipinski definition) is 0. The first-order chi connectivity index (χ1) is 7.39. The van der Waals surface area contributed by atoms with Gasteiger partial charge in [0.05, 0.1) is 5.76 Å². The molecule has 16 heavy (non-hydrogen) atoms. The molecule has 0 radical (unpaired) electrons. The van der Waals surface area contributed by atoms with Crippen molar-refractivity contribution in [1.82, 2.24) is 0 Å². The molecule has 0 heterocycles. The molecular formula is C13H24O2Si. The normalized spacial score (nSPS) is 14.0. The SMILES string of the molecule is CCCC#CC(/C=C(\C)O[Si](C)(C)C)OC. The molecule has 0 saturated carbocycles. The van der Waals surface area contributed by atoms with Gasteiger partial charge in [-0.25, -0.2) is 0 Å². The first kappa shape index (κ1) is 15.3. The highest BCUT2D eigenvalue weighted by atomic mass is 28.4. The maximum Gasteiger partial charge on any atom is 0.241 e. The van der Waals surface area contributed by atoms with Gasteiger partial charge >= 0.3 is 0 Å². The summed E-state index contributed by atoms with van der Waals surface area (Å²) < 4.78 is 11.1. The predicted molar refractivity (Wildman–Crippen MR) is 71.7 cm³/mol. The number of methoxy groups -OCH3 is 1. The molecule has 1 unspecified atom stereocenters. The summed E-state index contributed by atoms with van der Waals surface area (Å²) in [6.07, 6.45) is 3.79. The fourth-order valence-corrected chi connectivity index (χ4v) is 2.23. The van der Waals surface area contributed by atoms with Crippen molar-refractivity contribution in [1.29, 1.82) is 0 Å². The van der Waals surface area contributed by atoms with Gasteiger partial charge in [0.15, 0.2) is 0 Å². The highest BCUT2D eigenvalue weighted by molar-refractivity contribution is 6.70. The Kier molecular flexibility index (Phi) is 7.19. The van der Waals surface area contributed by atoms with E-state index in [1.54, 1.807) is 7.11 Å². The van der Waals surface area contributed by atoms with Crippen LogP contribution in [0.1, 0.15) is 26.7 Å². The van der Waals surface area contributed by atoms with Crippen molar-refractivity contribution in [3.63, 3.8) is 0 Å². The van der Waals surface area contributed by atoms with Gasteiger partial charge in [-0.2, -0.15) is 0 Å². The molecule has 0 aliphatic heterocycles. The number of rotatable bonds is 5. The maximum atomic E-state index is 5.83. The number of unbranched alkanes of at least 4 members (excludes halogenated alkanes) is 1. The molecule has 0 aromatic rings. The summed E-state index contributed by atoms with van der Waals surface area (Å²) >= 11 is 0. The Hall–Kier alpha value is -0.723. The summed E-state index contributed by atoms with van der Waals surface area (Å²) in [5.41, 5.74) is 0. The van der Waals surface area contributed by atoms with Crippen LogP contribution in [0.5, 0.6) is 0 Å². The lowest BCUT2D eigenvalue weighted by atomic mass is 10.2. The van der Waals surface area contributed by atoms with Gasteiger partial charge in [-0.1, -0.05) is 12.8 Å². The highest BCUT2D eigenvalue weighted by Gasteiger charge is 2.16. The van der Waals surface area contributed by atoms with Gasteiger partial charge in [-0.05, 0) is 39.1 Å². The molecule has 0 bridgehead atoms. The van der Waals surface area contributed by atoms with E-state index in [4.69, 9.17) is 9.16 Å². The second kappa shape index (κ2) is 7.53. The molecule has 92 valence electrons. The van der Waals surface area contributed by atoms with E-state index >= 15 is 0 Å². The van der Waals surface area contributed by atoms with Crippen LogP contribution in [-0.2, 0) is 9.16 Å². The van der Waals surface area contributed by atoms with E-state index in [0.29, 0.717) is 0 Å². The van der Waals surface area contributed by atoms with E-state index in [-0.39, 0.29) is 6.10 Å². The van der Waals surface area contributed by atoms with Crippen LogP contribution in [0.4, 0.5) is 0 Å². The van der Waals surface area contributed by atoms with Crippen LogP contribution in [0.3, 0.4) is 0 Å². The molecule has 0 aliphatic rings. The van der Waals surface area contributed by atoms with Crippen LogP contribution < -0.4 is 0 Å². The second-order valence-corrected chi connectivity index (χ2v) is 9.15. The molecule has 2 nitrogen and oxygen atoms in total. The topological polar surface area (TPSA) is 18.5 Å². The standard InChI is InChI=1S/C13H24O2Si/c1-7-8-9-10-13(14-3)11-12(2)15-16(4,5)6/h11,13H,7-8H2,1-6H3/b12-11+. The summed E-state index contributed by atoms with van der Waals surface area (Å²) in [5.74, 6) is 7.08. The zero-order chi connectivity index (χ0) is 12.6. The first-order valence-corrected chi connectivity index (χ1v) is 9.18. The third-order valence-electron chi connectivity index (χ3n) is 1.73. The van der Waals surface area contributed by atoms with E-state index in [9.17, 15) is 0 Å². The van der Waals surface area contributed by atoms with Gasteiger partial charge in [-0.3, -0.25) is 0 Å². The lowest BCUT2D eigenvalue weighted by molar-refractivity contribution is 0.181. The second-order valence-electron chi connectivity index (χ2n) is 4.72. The van der Waals surface area contributed by atoms with E-state index < -0.39 is 8.32 Å². The fraction of sp³-hybridized carbons (Fsp3) is 0.692. The predicted octanol–water partition coefficient (Wildman–Crippen LogP) is 3.56. The van der Waals surface area contributed by atoms with E-state index in [0.717, 1.165) is 18.6 Å². The minimum Gasteiger partial charge on any atom is -0.548 e. The number of ether oxygens (including phenoxy) is 1. The van der Waals surface area contributed by atoms with Crippen molar-refractivity contribution in [2.75, 3.05) is 7.11 Å². The summed E-state index contributed by atoms with van der Waals surface area (Å²) in [6, 6.07) is 0. The lowest BCUT2D eigenvalue weighted by Crippen LogP contribution is -2.24. The molecule has 0 aromatic carbocycles. The maximum absolute atomic E-state index is 5.83. The van der Waals surface area contributed by atoms with Gasteiger partial charge in [-0.15, -0.1) is 5.92 Å². The van der Waals surface area contributed by atoms with Crippen molar-refractivity contribution in [3.05, 3.63) is 11.8 Å². The van der Waals surface area contributed by atoms with Crippen LogP contribution in [-0.4, -0.2) is 21.5 Å². The van der Waals surface area contributed by atoms with Crippen molar-refractivity contribution >= 4 is 8.32 Å². The Morgan fingerprint density at radius 3 is 2.44 bits per heavy atom. The molecule has 3 heteroatoms. The molecule has 0 rings (SSSR count). The lowest BCUT2D eigenvalue weighted by Gasteiger charge is -2.20. The van der Waals surface area contributed by atoms with Crippen molar-refractivity contribution in [3.8, 4) is 11.8 Å². The molecule has 0 amide bonds. The Morgan fingerprint density at radius 2 is 2.00 bits per heavy atom.